The van der Waals surface area contributed by atoms with Crippen LogP contribution >= 0.6 is 0 Å². The number of carbonyl (C=O) groups is 1. The summed E-state index contributed by atoms with van der Waals surface area (Å²) >= 11 is 0. The molecule has 108 valence electrons. The monoisotopic (exact) mass is 256 g/mol. The van der Waals surface area contributed by atoms with Gasteiger partial charge in [-0.15, -0.1) is 0 Å². The molecular formula is C16H32O2. The Balaban J connectivity index is 3.81. The molecule has 0 radical (unpaired) electrons. The molecule has 0 bridgehead atoms. The van der Waals surface area contributed by atoms with Crippen molar-refractivity contribution < 1.29 is 9.53 Å². The topological polar surface area (TPSA) is 26.3 Å². The molecule has 0 N–H and O–H groups in total. The maximum atomic E-state index is 10.6. The van der Waals surface area contributed by atoms with Crippen LogP contribution in [0.25, 0.3) is 0 Å². The van der Waals surface area contributed by atoms with Crippen LogP contribution in [0.15, 0.2) is 0 Å². The summed E-state index contributed by atoms with van der Waals surface area (Å²) in [6.07, 6.45) is 13.3. The van der Waals surface area contributed by atoms with Gasteiger partial charge in [0.15, 0.2) is 0 Å². The minimum Gasteiger partial charge on any atom is -0.462 e. The van der Waals surface area contributed by atoms with E-state index < -0.39 is 0 Å². The molecular weight excluding hydrogens is 224 g/mol. The van der Waals surface area contributed by atoms with Crippen LogP contribution in [0.2, 0.25) is 0 Å². The Labute approximate surface area is 113 Å². The number of rotatable bonds is 13. The van der Waals surface area contributed by atoms with Crippen LogP contribution in [0, 0.1) is 0 Å². The van der Waals surface area contributed by atoms with Gasteiger partial charge >= 0.3 is 0 Å². The Kier molecular flexibility index (Phi) is 11.2. The fraction of sp³-hybridized carbons (Fsp3) is 0.938. The predicted molar refractivity (Wildman–Crippen MR) is 77.7 cm³/mol. The molecule has 18 heavy (non-hydrogen) atoms. The predicted octanol–water partition coefficient (Wildman–Crippen LogP) is 5.25. The van der Waals surface area contributed by atoms with E-state index in [-0.39, 0.29) is 5.60 Å². The van der Waals surface area contributed by atoms with Gasteiger partial charge in [-0.25, -0.2) is 0 Å². The van der Waals surface area contributed by atoms with Crippen molar-refractivity contribution in [3.8, 4) is 0 Å². The van der Waals surface area contributed by atoms with Gasteiger partial charge in [0.1, 0.15) is 5.60 Å². The molecule has 0 rings (SSSR count). The van der Waals surface area contributed by atoms with Crippen molar-refractivity contribution in [1.82, 2.24) is 0 Å². The summed E-state index contributed by atoms with van der Waals surface area (Å²) in [4.78, 5) is 10.6. The smallest absolute Gasteiger partial charge is 0.293 e. The maximum Gasteiger partial charge on any atom is 0.293 e. The lowest BCUT2D eigenvalue weighted by Crippen LogP contribution is -2.28. The Bertz CT molecular complexity index is 192. The molecule has 0 saturated heterocycles. The second kappa shape index (κ2) is 11.6. The third-order valence-electron chi connectivity index (χ3n) is 3.70. The van der Waals surface area contributed by atoms with Crippen molar-refractivity contribution >= 4 is 6.47 Å². The van der Waals surface area contributed by atoms with Crippen molar-refractivity contribution in [3.05, 3.63) is 0 Å². The van der Waals surface area contributed by atoms with Crippen molar-refractivity contribution in [3.63, 3.8) is 0 Å². The van der Waals surface area contributed by atoms with E-state index in [9.17, 15) is 4.79 Å². The Morgan fingerprint density at radius 3 is 1.72 bits per heavy atom. The summed E-state index contributed by atoms with van der Waals surface area (Å²) in [6.45, 7) is 7.17. The van der Waals surface area contributed by atoms with Crippen LogP contribution in [0.4, 0.5) is 0 Å². The molecule has 0 aromatic heterocycles. The van der Waals surface area contributed by atoms with Gasteiger partial charge in [-0.1, -0.05) is 58.8 Å². The van der Waals surface area contributed by atoms with Crippen molar-refractivity contribution in [2.45, 2.75) is 97.0 Å². The molecule has 0 aliphatic carbocycles. The molecule has 0 aliphatic rings. The molecule has 0 saturated carbocycles. The zero-order chi connectivity index (χ0) is 13.7. The van der Waals surface area contributed by atoms with Crippen LogP contribution in [-0.4, -0.2) is 12.1 Å². The number of hydrogen-bond donors (Lipinski definition) is 0. The van der Waals surface area contributed by atoms with Gasteiger partial charge in [-0.2, -0.15) is 0 Å². The van der Waals surface area contributed by atoms with Gasteiger partial charge in [0.25, 0.3) is 6.47 Å². The van der Waals surface area contributed by atoms with Crippen LogP contribution in [-0.2, 0) is 9.53 Å². The van der Waals surface area contributed by atoms with E-state index in [0.29, 0.717) is 6.47 Å². The van der Waals surface area contributed by atoms with Crippen molar-refractivity contribution in [2.75, 3.05) is 0 Å². The fourth-order valence-corrected chi connectivity index (χ4v) is 2.39. The first-order valence-electron chi connectivity index (χ1n) is 7.80. The molecule has 0 aromatic rings. The first kappa shape index (κ1) is 17.5. The van der Waals surface area contributed by atoms with E-state index in [0.717, 1.165) is 12.8 Å². The lowest BCUT2D eigenvalue weighted by atomic mass is 9.91. The molecule has 0 amide bonds. The summed E-state index contributed by atoms with van der Waals surface area (Å²) in [5, 5.41) is 0. The third kappa shape index (κ3) is 9.49. The normalized spacial score (nSPS) is 14.2. The molecule has 0 heterocycles. The summed E-state index contributed by atoms with van der Waals surface area (Å²) < 4.78 is 5.34. The SMILES string of the molecule is CCCCCCCC(C)(CCCCCC)OC=O. The van der Waals surface area contributed by atoms with E-state index >= 15 is 0 Å². The largest absolute Gasteiger partial charge is 0.462 e. The molecule has 1 atom stereocenters. The summed E-state index contributed by atoms with van der Waals surface area (Å²) in [5.74, 6) is 0. The summed E-state index contributed by atoms with van der Waals surface area (Å²) in [7, 11) is 0. The fourth-order valence-electron chi connectivity index (χ4n) is 2.39. The van der Waals surface area contributed by atoms with E-state index in [1.165, 1.54) is 57.8 Å². The van der Waals surface area contributed by atoms with E-state index in [1.54, 1.807) is 0 Å². The Morgan fingerprint density at radius 2 is 1.28 bits per heavy atom. The molecule has 2 nitrogen and oxygen atoms in total. The van der Waals surface area contributed by atoms with Gasteiger partial charge in [0, 0.05) is 0 Å². The number of ether oxygens (including phenoxy) is 1. The van der Waals surface area contributed by atoms with E-state index in [2.05, 4.69) is 20.8 Å². The maximum absolute atomic E-state index is 10.6. The molecule has 2 heteroatoms. The average molecular weight is 256 g/mol. The second-order valence-electron chi connectivity index (χ2n) is 5.64. The highest BCUT2D eigenvalue weighted by Gasteiger charge is 2.24. The molecule has 1 unspecified atom stereocenters. The number of hydrogen-bond acceptors (Lipinski definition) is 2. The van der Waals surface area contributed by atoms with Gasteiger partial charge in [-0.05, 0) is 32.6 Å². The number of carbonyl (C=O) groups excluding carboxylic acids is 1. The van der Waals surface area contributed by atoms with Crippen molar-refractivity contribution in [2.24, 2.45) is 0 Å². The quantitative estimate of drug-likeness (QED) is 0.332. The summed E-state index contributed by atoms with van der Waals surface area (Å²) in [6, 6.07) is 0. The van der Waals surface area contributed by atoms with Gasteiger partial charge < -0.3 is 4.74 Å². The zero-order valence-corrected chi connectivity index (χ0v) is 12.7. The third-order valence-corrected chi connectivity index (χ3v) is 3.70. The van der Waals surface area contributed by atoms with Gasteiger partial charge in [0.2, 0.25) is 0 Å². The van der Waals surface area contributed by atoms with E-state index in [1.807, 2.05) is 0 Å². The van der Waals surface area contributed by atoms with E-state index in [4.69, 9.17) is 4.74 Å². The highest BCUT2D eigenvalue weighted by atomic mass is 16.5. The van der Waals surface area contributed by atoms with Crippen LogP contribution < -0.4 is 0 Å². The first-order valence-corrected chi connectivity index (χ1v) is 7.80. The molecule has 0 aliphatic heterocycles. The number of unbranched alkanes of at least 4 members (excludes halogenated alkanes) is 7. The second-order valence-corrected chi connectivity index (χ2v) is 5.64. The highest BCUT2D eigenvalue weighted by Crippen LogP contribution is 2.25. The highest BCUT2D eigenvalue weighted by molar-refractivity contribution is 5.38. The van der Waals surface area contributed by atoms with Crippen LogP contribution in [0.1, 0.15) is 91.4 Å². The minimum absolute atomic E-state index is 0.221. The van der Waals surface area contributed by atoms with Crippen molar-refractivity contribution in [1.29, 1.82) is 0 Å². The van der Waals surface area contributed by atoms with Gasteiger partial charge in [-0.3, -0.25) is 4.79 Å². The molecule has 0 fully saturated rings. The summed E-state index contributed by atoms with van der Waals surface area (Å²) in [5.41, 5.74) is -0.221. The molecule has 0 aromatic carbocycles. The Morgan fingerprint density at radius 1 is 0.833 bits per heavy atom. The van der Waals surface area contributed by atoms with Crippen LogP contribution in [0.3, 0.4) is 0 Å². The Hall–Kier alpha value is -0.530. The zero-order valence-electron chi connectivity index (χ0n) is 12.7. The standard InChI is InChI=1S/C16H32O2/c1-4-6-8-10-12-14-16(3,18-15-17)13-11-9-7-5-2/h15H,4-14H2,1-3H3. The van der Waals surface area contributed by atoms with Crippen LogP contribution in [0.5, 0.6) is 0 Å². The lowest BCUT2D eigenvalue weighted by molar-refractivity contribution is -0.143. The first-order chi connectivity index (χ1) is 8.68. The minimum atomic E-state index is -0.221. The molecule has 0 spiro atoms. The van der Waals surface area contributed by atoms with Gasteiger partial charge in [0.05, 0.1) is 0 Å². The average Bonchev–Trinajstić information content (AvgIpc) is 2.35. The lowest BCUT2D eigenvalue weighted by Gasteiger charge is -2.27.